The molecule has 0 atom stereocenters. The molecular formula is C15H13FO2. The highest BCUT2D eigenvalue weighted by Gasteiger charge is 2.12. The number of para-hydroxylation sites is 1. The lowest BCUT2D eigenvalue weighted by Crippen LogP contribution is -1.96. The van der Waals surface area contributed by atoms with Crippen molar-refractivity contribution < 1.29 is 13.9 Å². The van der Waals surface area contributed by atoms with Gasteiger partial charge >= 0.3 is 0 Å². The van der Waals surface area contributed by atoms with Gasteiger partial charge in [0.05, 0.1) is 5.56 Å². The van der Waals surface area contributed by atoms with Crippen molar-refractivity contribution in [3.05, 3.63) is 58.9 Å². The minimum Gasteiger partial charge on any atom is -0.453 e. The van der Waals surface area contributed by atoms with Crippen molar-refractivity contribution in [1.82, 2.24) is 0 Å². The van der Waals surface area contributed by atoms with Crippen molar-refractivity contribution in [2.45, 2.75) is 13.8 Å². The molecule has 0 saturated heterocycles. The molecule has 0 aromatic heterocycles. The molecule has 0 N–H and O–H groups in total. The van der Waals surface area contributed by atoms with Gasteiger partial charge in [-0.25, -0.2) is 4.39 Å². The summed E-state index contributed by atoms with van der Waals surface area (Å²) in [6.07, 6.45) is 0.587. The van der Waals surface area contributed by atoms with Gasteiger partial charge in [-0.2, -0.15) is 0 Å². The molecule has 0 radical (unpaired) electrons. The summed E-state index contributed by atoms with van der Waals surface area (Å²) in [5.74, 6) is -0.00935. The van der Waals surface area contributed by atoms with E-state index in [-0.39, 0.29) is 11.3 Å². The summed E-state index contributed by atoms with van der Waals surface area (Å²) in [5.41, 5.74) is 2.19. The van der Waals surface area contributed by atoms with E-state index < -0.39 is 5.82 Å². The Morgan fingerprint density at radius 1 is 1.11 bits per heavy atom. The van der Waals surface area contributed by atoms with E-state index in [9.17, 15) is 9.18 Å². The molecule has 92 valence electrons. The molecule has 0 aliphatic heterocycles. The van der Waals surface area contributed by atoms with E-state index in [4.69, 9.17) is 4.74 Å². The lowest BCUT2D eigenvalue weighted by Gasteiger charge is -2.12. The highest BCUT2D eigenvalue weighted by Crippen LogP contribution is 2.30. The SMILES string of the molecule is Cc1cccc(Oc2c(F)cccc2C=O)c1C. The van der Waals surface area contributed by atoms with Crippen LogP contribution in [0.15, 0.2) is 36.4 Å². The van der Waals surface area contributed by atoms with Crippen LogP contribution in [0.25, 0.3) is 0 Å². The largest absolute Gasteiger partial charge is 0.453 e. The van der Waals surface area contributed by atoms with Crippen LogP contribution in [-0.4, -0.2) is 6.29 Å². The number of ether oxygens (including phenoxy) is 1. The second-order valence-corrected chi connectivity index (χ2v) is 4.08. The average Bonchev–Trinajstić information content (AvgIpc) is 2.37. The first-order valence-corrected chi connectivity index (χ1v) is 5.61. The maximum absolute atomic E-state index is 13.7. The maximum atomic E-state index is 13.7. The molecule has 18 heavy (non-hydrogen) atoms. The molecule has 2 aromatic carbocycles. The van der Waals surface area contributed by atoms with Gasteiger partial charge in [0, 0.05) is 0 Å². The number of carbonyl (C=O) groups excluding carboxylic acids is 1. The fraction of sp³-hybridized carbons (Fsp3) is 0.133. The number of aryl methyl sites for hydroxylation is 1. The van der Waals surface area contributed by atoms with E-state index in [0.717, 1.165) is 11.1 Å². The van der Waals surface area contributed by atoms with Crippen molar-refractivity contribution in [1.29, 1.82) is 0 Å². The fourth-order valence-corrected chi connectivity index (χ4v) is 1.67. The van der Waals surface area contributed by atoms with Crippen LogP contribution in [0.5, 0.6) is 11.5 Å². The molecule has 0 aliphatic rings. The van der Waals surface area contributed by atoms with E-state index >= 15 is 0 Å². The highest BCUT2D eigenvalue weighted by molar-refractivity contribution is 5.79. The topological polar surface area (TPSA) is 26.3 Å². The summed E-state index contributed by atoms with van der Waals surface area (Å²) in [4.78, 5) is 10.9. The van der Waals surface area contributed by atoms with Crippen molar-refractivity contribution in [2.24, 2.45) is 0 Å². The maximum Gasteiger partial charge on any atom is 0.173 e. The first-order chi connectivity index (χ1) is 8.63. The predicted octanol–water partition coefficient (Wildman–Crippen LogP) is 4.05. The monoisotopic (exact) mass is 244 g/mol. The third-order valence-electron chi connectivity index (χ3n) is 2.89. The van der Waals surface area contributed by atoms with Gasteiger partial charge in [-0.3, -0.25) is 4.79 Å². The molecule has 2 rings (SSSR count). The zero-order chi connectivity index (χ0) is 13.1. The van der Waals surface area contributed by atoms with Gasteiger partial charge in [0.15, 0.2) is 17.9 Å². The van der Waals surface area contributed by atoms with Crippen LogP contribution in [0.3, 0.4) is 0 Å². The van der Waals surface area contributed by atoms with Crippen LogP contribution in [0.4, 0.5) is 4.39 Å². The van der Waals surface area contributed by atoms with Crippen LogP contribution >= 0.6 is 0 Å². The Kier molecular flexibility index (Phi) is 3.42. The quantitative estimate of drug-likeness (QED) is 0.761. The van der Waals surface area contributed by atoms with Crippen molar-refractivity contribution >= 4 is 6.29 Å². The summed E-state index contributed by atoms with van der Waals surface area (Å²) in [6, 6.07) is 9.81. The molecule has 0 unspecified atom stereocenters. The van der Waals surface area contributed by atoms with Gasteiger partial charge in [-0.05, 0) is 43.2 Å². The van der Waals surface area contributed by atoms with E-state index in [1.807, 2.05) is 26.0 Å². The first-order valence-electron chi connectivity index (χ1n) is 5.61. The Balaban J connectivity index is 2.46. The standard InChI is InChI=1S/C15H13FO2/c1-10-5-3-8-14(11(10)2)18-15-12(9-17)6-4-7-13(15)16/h3-9H,1-2H3. The minimum atomic E-state index is -0.541. The summed E-state index contributed by atoms with van der Waals surface area (Å²) in [6.45, 7) is 3.84. The third-order valence-corrected chi connectivity index (χ3v) is 2.89. The predicted molar refractivity (Wildman–Crippen MR) is 67.8 cm³/mol. The van der Waals surface area contributed by atoms with E-state index in [0.29, 0.717) is 12.0 Å². The van der Waals surface area contributed by atoms with Crippen LogP contribution in [0.1, 0.15) is 21.5 Å². The summed E-state index contributed by atoms with van der Waals surface area (Å²) < 4.78 is 19.2. The number of benzene rings is 2. The number of hydrogen-bond acceptors (Lipinski definition) is 2. The molecule has 0 aliphatic carbocycles. The zero-order valence-corrected chi connectivity index (χ0v) is 10.2. The fourth-order valence-electron chi connectivity index (χ4n) is 1.67. The average molecular weight is 244 g/mol. The minimum absolute atomic E-state index is 0.0267. The van der Waals surface area contributed by atoms with Crippen LogP contribution in [0.2, 0.25) is 0 Å². The Morgan fingerprint density at radius 3 is 2.56 bits per heavy atom. The van der Waals surface area contributed by atoms with Crippen LogP contribution < -0.4 is 4.74 Å². The first kappa shape index (κ1) is 12.3. The van der Waals surface area contributed by atoms with E-state index in [2.05, 4.69) is 0 Å². The van der Waals surface area contributed by atoms with Gasteiger partial charge in [0.2, 0.25) is 0 Å². The Bertz CT molecular complexity index is 591. The Labute approximate surface area is 105 Å². The molecule has 0 spiro atoms. The molecule has 0 amide bonds. The van der Waals surface area contributed by atoms with Crippen molar-refractivity contribution in [2.75, 3.05) is 0 Å². The van der Waals surface area contributed by atoms with Crippen molar-refractivity contribution in [3.8, 4) is 11.5 Å². The number of hydrogen-bond donors (Lipinski definition) is 0. The molecule has 3 heteroatoms. The van der Waals surface area contributed by atoms with Gasteiger partial charge in [-0.15, -0.1) is 0 Å². The van der Waals surface area contributed by atoms with E-state index in [1.165, 1.54) is 18.2 Å². The van der Waals surface area contributed by atoms with Gasteiger partial charge in [-0.1, -0.05) is 18.2 Å². The molecule has 0 heterocycles. The normalized spacial score (nSPS) is 10.2. The molecule has 2 nitrogen and oxygen atoms in total. The number of carbonyl (C=O) groups is 1. The second-order valence-electron chi connectivity index (χ2n) is 4.08. The zero-order valence-electron chi connectivity index (χ0n) is 10.2. The lowest BCUT2D eigenvalue weighted by atomic mass is 10.1. The van der Waals surface area contributed by atoms with Gasteiger partial charge in [0.25, 0.3) is 0 Å². The van der Waals surface area contributed by atoms with Crippen LogP contribution in [0, 0.1) is 19.7 Å². The number of rotatable bonds is 3. The smallest absolute Gasteiger partial charge is 0.173 e. The van der Waals surface area contributed by atoms with E-state index in [1.54, 1.807) is 6.07 Å². The molecule has 0 fully saturated rings. The number of halogens is 1. The Hall–Kier alpha value is -2.16. The molecular weight excluding hydrogens is 231 g/mol. The van der Waals surface area contributed by atoms with Gasteiger partial charge in [0.1, 0.15) is 5.75 Å². The molecule has 0 bridgehead atoms. The second kappa shape index (κ2) is 5.00. The molecule has 0 saturated carbocycles. The summed E-state index contributed by atoms with van der Waals surface area (Å²) >= 11 is 0. The summed E-state index contributed by atoms with van der Waals surface area (Å²) in [7, 11) is 0. The van der Waals surface area contributed by atoms with Gasteiger partial charge < -0.3 is 4.74 Å². The lowest BCUT2D eigenvalue weighted by molar-refractivity contribution is 0.112. The molecule has 2 aromatic rings. The summed E-state index contributed by atoms with van der Waals surface area (Å²) in [5, 5.41) is 0. The van der Waals surface area contributed by atoms with Crippen molar-refractivity contribution in [3.63, 3.8) is 0 Å². The highest BCUT2D eigenvalue weighted by atomic mass is 19.1. The third kappa shape index (κ3) is 2.25. The Morgan fingerprint density at radius 2 is 1.83 bits per heavy atom. The van der Waals surface area contributed by atoms with Crippen LogP contribution in [-0.2, 0) is 0 Å². The number of aldehydes is 1.